The zero-order valence-electron chi connectivity index (χ0n) is 27.6. The third kappa shape index (κ3) is 7.08. The van der Waals surface area contributed by atoms with Crippen LogP contribution in [0.25, 0.3) is 6.08 Å². The predicted molar refractivity (Wildman–Crippen MR) is 184 cm³/mol. The van der Waals surface area contributed by atoms with E-state index in [2.05, 4.69) is 5.32 Å². The van der Waals surface area contributed by atoms with Crippen LogP contribution in [0, 0.1) is 0 Å². The summed E-state index contributed by atoms with van der Waals surface area (Å²) in [5, 5.41) is 2.96. The number of nitrogens with one attached hydrogen (secondary N) is 1. The van der Waals surface area contributed by atoms with Gasteiger partial charge in [0.25, 0.3) is 17.4 Å². The Labute approximate surface area is 286 Å². The van der Waals surface area contributed by atoms with Crippen molar-refractivity contribution in [1.82, 2.24) is 9.47 Å². The first-order chi connectivity index (χ1) is 23.8. The van der Waals surface area contributed by atoms with Gasteiger partial charge in [-0.15, -0.1) is 0 Å². The summed E-state index contributed by atoms with van der Waals surface area (Å²) in [6.07, 6.45) is 1.74. The van der Waals surface area contributed by atoms with Crippen LogP contribution in [0.1, 0.15) is 24.1 Å². The number of carbonyl (C=O) groups excluding carboxylic acids is 2. The number of carbonyl (C=O) groups is 2. The Morgan fingerprint density at radius 2 is 1.71 bits per heavy atom. The van der Waals surface area contributed by atoms with E-state index in [1.54, 1.807) is 73.5 Å². The van der Waals surface area contributed by atoms with Crippen LogP contribution >= 0.6 is 11.3 Å². The maximum atomic E-state index is 14.3. The maximum Gasteiger partial charge on any atom is 0.271 e. The van der Waals surface area contributed by atoms with Crippen LogP contribution in [0.15, 0.2) is 87.8 Å². The quantitative estimate of drug-likeness (QED) is 0.270. The Morgan fingerprint density at radius 3 is 2.43 bits per heavy atom. The zero-order valence-corrected chi connectivity index (χ0v) is 28.4. The van der Waals surface area contributed by atoms with E-state index in [0.29, 0.717) is 86.7 Å². The number of nitrogens with zero attached hydrogens (tertiary/aromatic N) is 3. The molecule has 6 rings (SSSR count). The van der Waals surface area contributed by atoms with E-state index < -0.39 is 11.9 Å². The second kappa shape index (κ2) is 14.8. The molecule has 0 unspecified atom stereocenters. The molecule has 1 fully saturated rings. The van der Waals surface area contributed by atoms with Crippen LogP contribution in [0.5, 0.6) is 23.0 Å². The summed E-state index contributed by atoms with van der Waals surface area (Å²) in [4.78, 5) is 47.7. The van der Waals surface area contributed by atoms with Crippen LogP contribution in [-0.4, -0.2) is 75.5 Å². The lowest BCUT2D eigenvalue weighted by Crippen LogP contribution is -2.43. The molecule has 0 radical (unpaired) electrons. The molecule has 0 spiro atoms. The Kier molecular flexibility index (Phi) is 10.1. The van der Waals surface area contributed by atoms with E-state index in [1.807, 2.05) is 18.2 Å². The second-order valence-corrected chi connectivity index (χ2v) is 12.2. The number of morpholine rings is 1. The van der Waals surface area contributed by atoms with Crippen molar-refractivity contribution < 1.29 is 33.3 Å². The molecular formula is C36H36N4O8S. The van der Waals surface area contributed by atoms with Gasteiger partial charge in [-0.05, 0) is 55.0 Å². The molecule has 3 heterocycles. The average molecular weight is 685 g/mol. The third-order valence-electron chi connectivity index (χ3n) is 8.23. The minimum atomic E-state index is -0.850. The first-order valence-electron chi connectivity index (χ1n) is 15.6. The standard InChI is InChI=1S/C36H36N4O8S/c1-22-32(34(42)38-24-8-6-5-7-9-24)33(26-12-11-25(44-2)20-28(26)45-3)40-35(43)30(49-36(40)37-22)19-23-10-13-27(29(18-23)46-4)48-21-31(41)39-14-16-47-17-15-39/h5-13,18-20,33H,14-17,21H2,1-4H3,(H,38,42)/b30-19+/t33-/m1/s1. The number of ether oxygens (including phenoxy) is 5. The Morgan fingerprint density at radius 1 is 0.959 bits per heavy atom. The first kappa shape index (κ1) is 33.5. The molecule has 13 heteroatoms. The smallest absolute Gasteiger partial charge is 0.271 e. The highest BCUT2D eigenvalue weighted by Gasteiger charge is 2.34. The molecule has 3 aromatic carbocycles. The molecule has 0 bridgehead atoms. The molecule has 12 nitrogen and oxygen atoms in total. The van der Waals surface area contributed by atoms with Crippen molar-refractivity contribution in [2.75, 3.05) is 59.6 Å². The average Bonchev–Trinajstić information content (AvgIpc) is 3.43. The number of rotatable bonds is 10. The molecular weight excluding hydrogens is 648 g/mol. The summed E-state index contributed by atoms with van der Waals surface area (Å²) >= 11 is 1.21. The summed E-state index contributed by atoms with van der Waals surface area (Å²) in [6.45, 7) is 3.69. The minimum absolute atomic E-state index is 0.134. The lowest BCUT2D eigenvalue weighted by atomic mass is 9.94. The maximum absolute atomic E-state index is 14.3. The molecule has 49 heavy (non-hydrogen) atoms. The molecule has 1 N–H and O–H groups in total. The number of amides is 2. The van der Waals surface area contributed by atoms with Gasteiger partial charge < -0.3 is 33.9 Å². The van der Waals surface area contributed by atoms with Crippen molar-refractivity contribution in [3.05, 3.63) is 109 Å². The monoisotopic (exact) mass is 684 g/mol. The fourth-order valence-corrected chi connectivity index (χ4v) is 6.81. The number of allylic oxidation sites excluding steroid dienone is 1. The number of hydrogen-bond donors (Lipinski definition) is 1. The van der Waals surface area contributed by atoms with Gasteiger partial charge in [-0.25, -0.2) is 4.99 Å². The van der Waals surface area contributed by atoms with Crippen LogP contribution in [0.2, 0.25) is 0 Å². The Bertz CT molecular complexity index is 2080. The van der Waals surface area contributed by atoms with Crippen LogP contribution in [0.4, 0.5) is 5.69 Å². The van der Waals surface area contributed by atoms with Gasteiger partial charge in [-0.1, -0.05) is 35.6 Å². The minimum Gasteiger partial charge on any atom is -0.497 e. The van der Waals surface area contributed by atoms with Crippen molar-refractivity contribution in [2.45, 2.75) is 13.0 Å². The fourth-order valence-electron chi connectivity index (χ4n) is 5.76. The number of aromatic nitrogens is 1. The Balaban J connectivity index is 1.38. The van der Waals surface area contributed by atoms with Gasteiger partial charge in [-0.3, -0.25) is 19.0 Å². The van der Waals surface area contributed by atoms with Crippen molar-refractivity contribution in [3.63, 3.8) is 0 Å². The van der Waals surface area contributed by atoms with Gasteiger partial charge in [0.1, 0.15) is 17.5 Å². The summed E-state index contributed by atoms with van der Waals surface area (Å²) in [5.41, 5.74) is 2.32. The van der Waals surface area contributed by atoms with Crippen molar-refractivity contribution in [1.29, 1.82) is 0 Å². The van der Waals surface area contributed by atoms with E-state index in [9.17, 15) is 14.4 Å². The first-order valence-corrected chi connectivity index (χ1v) is 16.4. The van der Waals surface area contributed by atoms with Crippen molar-refractivity contribution >= 4 is 34.9 Å². The highest BCUT2D eigenvalue weighted by Crippen LogP contribution is 2.37. The molecule has 1 atom stereocenters. The van der Waals surface area contributed by atoms with Gasteiger partial charge in [0.05, 0.1) is 50.3 Å². The van der Waals surface area contributed by atoms with E-state index in [4.69, 9.17) is 28.7 Å². The van der Waals surface area contributed by atoms with Crippen molar-refractivity contribution in [3.8, 4) is 23.0 Å². The molecule has 254 valence electrons. The van der Waals surface area contributed by atoms with Crippen molar-refractivity contribution in [2.24, 2.45) is 4.99 Å². The molecule has 1 saturated heterocycles. The number of thiazole rings is 1. The molecule has 1 aromatic heterocycles. The van der Waals surface area contributed by atoms with Crippen LogP contribution in [-0.2, 0) is 14.3 Å². The van der Waals surface area contributed by atoms with E-state index in [0.717, 1.165) is 0 Å². The molecule has 2 amide bonds. The summed E-state index contributed by atoms with van der Waals surface area (Å²) in [6, 6.07) is 18.7. The van der Waals surface area contributed by atoms with E-state index in [1.165, 1.54) is 30.1 Å². The van der Waals surface area contributed by atoms with Gasteiger partial charge in [-0.2, -0.15) is 0 Å². The number of methoxy groups -OCH3 is 3. The van der Waals surface area contributed by atoms with Gasteiger partial charge >= 0.3 is 0 Å². The summed E-state index contributed by atoms with van der Waals surface area (Å²) in [7, 11) is 4.59. The number of hydrogen-bond acceptors (Lipinski definition) is 10. The molecule has 2 aliphatic rings. The van der Waals surface area contributed by atoms with Gasteiger partial charge in [0.2, 0.25) is 0 Å². The lowest BCUT2D eigenvalue weighted by molar-refractivity contribution is -0.137. The largest absolute Gasteiger partial charge is 0.497 e. The number of benzene rings is 3. The fraction of sp³-hybridized carbons (Fsp3) is 0.278. The number of fused-ring (bicyclic) bond motifs is 1. The SMILES string of the molecule is COc1ccc([C@@H]2C(C(=O)Nc3ccccc3)=C(C)N=c3s/c(=C/c4ccc(OCC(=O)N5CCOCC5)c(OC)c4)c(=O)n32)c(OC)c1. The van der Waals surface area contributed by atoms with Crippen LogP contribution < -0.4 is 39.2 Å². The highest BCUT2D eigenvalue weighted by molar-refractivity contribution is 7.07. The molecule has 4 aromatic rings. The lowest BCUT2D eigenvalue weighted by Gasteiger charge is -2.26. The molecule has 0 aliphatic carbocycles. The summed E-state index contributed by atoms with van der Waals surface area (Å²) in [5.74, 6) is 1.30. The van der Waals surface area contributed by atoms with E-state index in [-0.39, 0.29) is 18.1 Å². The molecule has 2 aliphatic heterocycles. The zero-order chi connectivity index (χ0) is 34.5. The number of para-hydroxylation sites is 1. The predicted octanol–water partition coefficient (Wildman–Crippen LogP) is 3.14. The number of anilines is 1. The van der Waals surface area contributed by atoms with Gasteiger partial charge in [0, 0.05) is 30.4 Å². The highest BCUT2D eigenvalue weighted by atomic mass is 32.1. The normalized spacial score (nSPS) is 16.0. The Hall–Kier alpha value is -5.40. The second-order valence-electron chi connectivity index (χ2n) is 11.2. The van der Waals surface area contributed by atoms with Gasteiger partial charge in [0.15, 0.2) is 22.9 Å². The van der Waals surface area contributed by atoms with Crippen LogP contribution in [0.3, 0.4) is 0 Å². The molecule has 0 saturated carbocycles. The topological polar surface area (TPSA) is 130 Å². The third-order valence-corrected chi connectivity index (χ3v) is 9.22. The van der Waals surface area contributed by atoms with E-state index >= 15 is 0 Å². The summed E-state index contributed by atoms with van der Waals surface area (Å²) < 4.78 is 29.8.